The number of aliphatic hydroxyl groups is 1. The fourth-order valence-corrected chi connectivity index (χ4v) is 3.23. The highest BCUT2D eigenvalue weighted by Crippen LogP contribution is 2.53. The van der Waals surface area contributed by atoms with Crippen LogP contribution in [0.4, 0.5) is 0 Å². The maximum atomic E-state index is 10.8. The number of rotatable bonds is 4. The second-order valence-electron chi connectivity index (χ2n) is 5.45. The second-order valence-corrected chi connectivity index (χ2v) is 6.30. The Labute approximate surface area is 112 Å². The third kappa shape index (κ3) is 2.33. The third-order valence-corrected chi connectivity index (χ3v) is 4.64. The molecule has 3 heteroatoms. The summed E-state index contributed by atoms with van der Waals surface area (Å²) in [5.41, 5.74) is 0.509. The van der Waals surface area contributed by atoms with Crippen molar-refractivity contribution in [1.82, 2.24) is 0 Å². The van der Waals surface area contributed by atoms with E-state index in [-0.39, 0.29) is 0 Å². The molecule has 0 heterocycles. The van der Waals surface area contributed by atoms with Gasteiger partial charge in [0.05, 0.1) is 5.60 Å². The molecule has 1 N–H and O–H groups in total. The van der Waals surface area contributed by atoms with Gasteiger partial charge in [0.25, 0.3) is 0 Å². The van der Waals surface area contributed by atoms with Crippen LogP contribution in [0.1, 0.15) is 31.2 Å². The molecular weight excluding hydrogens is 255 g/mol. The molecule has 2 aliphatic rings. The molecule has 0 amide bonds. The van der Waals surface area contributed by atoms with Gasteiger partial charge in [0.1, 0.15) is 0 Å². The zero-order valence-corrected chi connectivity index (χ0v) is 11.1. The molecule has 0 atom stereocenters. The van der Waals surface area contributed by atoms with Gasteiger partial charge in [0.2, 0.25) is 0 Å². The van der Waals surface area contributed by atoms with Crippen LogP contribution in [0.2, 0.25) is 10.0 Å². The highest BCUT2D eigenvalue weighted by atomic mass is 35.5. The van der Waals surface area contributed by atoms with Crippen LogP contribution in [0.5, 0.6) is 0 Å². The number of hydrogen-bond donors (Lipinski definition) is 1. The molecule has 92 valence electrons. The molecule has 1 nitrogen and oxygen atoms in total. The lowest BCUT2D eigenvalue weighted by Gasteiger charge is -2.29. The fraction of sp³-hybridized carbons (Fsp3) is 0.571. The molecule has 0 aromatic heterocycles. The Hall–Kier alpha value is -0.240. The number of halogens is 2. The first-order chi connectivity index (χ1) is 8.09. The van der Waals surface area contributed by atoms with Crippen LogP contribution in [0.15, 0.2) is 18.2 Å². The summed E-state index contributed by atoms with van der Waals surface area (Å²) in [4.78, 5) is 0. The van der Waals surface area contributed by atoms with Crippen molar-refractivity contribution < 1.29 is 5.11 Å². The molecule has 1 aromatic rings. The molecule has 0 spiro atoms. The van der Waals surface area contributed by atoms with Crippen LogP contribution in [-0.4, -0.2) is 10.7 Å². The molecule has 0 aliphatic heterocycles. The first kappa shape index (κ1) is 11.8. The summed E-state index contributed by atoms with van der Waals surface area (Å²) in [5, 5.41) is 12.2. The van der Waals surface area contributed by atoms with Crippen molar-refractivity contribution in [1.29, 1.82) is 0 Å². The van der Waals surface area contributed by atoms with Gasteiger partial charge in [-0.15, -0.1) is 0 Å². The highest BCUT2D eigenvalue weighted by molar-refractivity contribution is 6.35. The van der Waals surface area contributed by atoms with Gasteiger partial charge >= 0.3 is 0 Å². The zero-order valence-electron chi connectivity index (χ0n) is 9.63. The van der Waals surface area contributed by atoms with Crippen LogP contribution < -0.4 is 0 Å². The summed E-state index contributed by atoms with van der Waals surface area (Å²) >= 11 is 12.1. The average molecular weight is 271 g/mol. The van der Waals surface area contributed by atoms with E-state index in [9.17, 15) is 5.11 Å². The van der Waals surface area contributed by atoms with Crippen LogP contribution in [0.25, 0.3) is 0 Å². The second kappa shape index (κ2) is 4.15. The summed E-state index contributed by atoms with van der Waals surface area (Å²) in [6.45, 7) is 0. The SMILES string of the molecule is OC(Cc1ccc(Cl)cc1Cl)(C1CC1)C1CC1. The van der Waals surface area contributed by atoms with E-state index in [2.05, 4.69) is 0 Å². The largest absolute Gasteiger partial charge is 0.389 e. The first-order valence-corrected chi connectivity index (χ1v) is 7.01. The minimum Gasteiger partial charge on any atom is -0.389 e. The van der Waals surface area contributed by atoms with Crippen LogP contribution >= 0.6 is 23.2 Å². The van der Waals surface area contributed by atoms with E-state index < -0.39 is 5.60 Å². The Bertz CT molecular complexity index is 424. The van der Waals surface area contributed by atoms with Crippen molar-refractivity contribution in [2.45, 2.75) is 37.7 Å². The van der Waals surface area contributed by atoms with Crippen molar-refractivity contribution in [3.63, 3.8) is 0 Å². The van der Waals surface area contributed by atoms with Crippen molar-refractivity contribution in [3.8, 4) is 0 Å². The summed E-state index contributed by atoms with van der Waals surface area (Å²) in [7, 11) is 0. The van der Waals surface area contributed by atoms with Gasteiger partial charge < -0.3 is 5.11 Å². The number of hydrogen-bond acceptors (Lipinski definition) is 1. The molecule has 2 saturated carbocycles. The van der Waals surface area contributed by atoms with Crippen LogP contribution in [0, 0.1) is 11.8 Å². The summed E-state index contributed by atoms with van der Waals surface area (Å²) in [6.07, 6.45) is 5.34. The fourth-order valence-electron chi connectivity index (χ4n) is 2.76. The standard InChI is InChI=1S/C14H16Cl2O/c15-12-6-1-9(13(16)7-12)8-14(17,10-2-3-10)11-4-5-11/h1,6-7,10-11,17H,2-5,8H2. The van der Waals surface area contributed by atoms with E-state index in [1.807, 2.05) is 12.1 Å². The minimum atomic E-state index is -0.516. The topological polar surface area (TPSA) is 20.2 Å². The normalized spacial score (nSPS) is 20.6. The zero-order chi connectivity index (χ0) is 12.0. The van der Waals surface area contributed by atoms with Gasteiger partial charge in [0, 0.05) is 16.5 Å². The molecule has 0 saturated heterocycles. The Morgan fingerprint density at radius 2 is 1.71 bits per heavy atom. The molecule has 17 heavy (non-hydrogen) atoms. The van der Waals surface area contributed by atoms with Crippen LogP contribution in [0.3, 0.4) is 0 Å². The van der Waals surface area contributed by atoms with E-state index >= 15 is 0 Å². The molecule has 1 aromatic carbocycles. The van der Waals surface area contributed by atoms with Crippen molar-refractivity contribution >= 4 is 23.2 Å². The lowest BCUT2D eigenvalue weighted by atomic mass is 9.85. The molecule has 0 radical (unpaired) electrons. The van der Waals surface area contributed by atoms with E-state index in [0.29, 0.717) is 28.3 Å². The van der Waals surface area contributed by atoms with Crippen molar-refractivity contribution in [2.75, 3.05) is 0 Å². The van der Waals surface area contributed by atoms with E-state index in [4.69, 9.17) is 23.2 Å². The lowest BCUT2D eigenvalue weighted by Crippen LogP contribution is -2.36. The Morgan fingerprint density at radius 3 is 2.18 bits per heavy atom. The van der Waals surface area contributed by atoms with Gasteiger partial charge in [-0.3, -0.25) is 0 Å². The van der Waals surface area contributed by atoms with Gasteiger partial charge in [0.15, 0.2) is 0 Å². The molecule has 2 aliphatic carbocycles. The molecule has 0 unspecified atom stereocenters. The Balaban J connectivity index is 1.84. The van der Waals surface area contributed by atoms with Crippen LogP contribution in [-0.2, 0) is 6.42 Å². The smallest absolute Gasteiger partial charge is 0.0744 e. The molecular formula is C14H16Cl2O. The predicted molar refractivity (Wildman–Crippen MR) is 70.6 cm³/mol. The molecule has 3 rings (SSSR count). The van der Waals surface area contributed by atoms with Gasteiger partial charge in [-0.05, 0) is 55.2 Å². The van der Waals surface area contributed by atoms with E-state index in [0.717, 1.165) is 31.2 Å². The Kier molecular flexibility index (Phi) is 2.89. The predicted octanol–water partition coefficient (Wildman–Crippen LogP) is 4.09. The summed E-state index contributed by atoms with van der Waals surface area (Å²) in [6, 6.07) is 5.56. The lowest BCUT2D eigenvalue weighted by molar-refractivity contribution is -0.00451. The van der Waals surface area contributed by atoms with Crippen molar-refractivity contribution in [2.24, 2.45) is 11.8 Å². The van der Waals surface area contributed by atoms with Gasteiger partial charge in [-0.1, -0.05) is 29.3 Å². The summed E-state index contributed by atoms with van der Waals surface area (Å²) in [5.74, 6) is 0.975. The van der Waals surface area contributed by atoms with E-state index in [1.165, 1.54) is 0 Å². The Morgan fingerprint density at radius 1 is 1.12 bits per heavy atom. The quantitative estimate of drug-likeness (QED) is 0.874. The maximum Gasteiger partial charge on any atom is 0.0744 e. The maximum absolute atomic E-state index is 10.8. The van der Waals surface area contributed by atoms with Gasteiger partial charge in [-0.2, -0.15) is 0 Å². The third-order valence-electron chi connectivity index (χ3n) is 4.06. The highest BCUT2D eigenvalue weighted by Gasteiger charge is 2.53. The monoisotopic (exact) mass is 270 g/mol. The minimum absolute atomic E-state index is 0.488. The van der Waals surface area contributed by atoms with Crippen molar-refractivity contribution in [3.05, 3.63) is 33.8 Å². The first-order valence-electron chi connectivity index (χ1n) is 6.26. The molecule has 0 bridgehead atoms. The molecule has 2 fully saturated rings. The average Bonchev–Trinajstić information content (AvgIpc) is 3.16. The van der Waals surface area contributed by atoms with E-state index in [1.54, 1.807) is 6.07 Å². The summed E-state index contributed by atoms with van der Waals surface area (Å²) < 4.78 is 0. The van der Waals surface area contributed by atoms with Gasteiger partial charge in [-0.25, -0.2) is 0 Å². The number of benzene rings is 1.